The lowest BCUT2D eigenvalue weighted by molar-refractivity contribution is 1.67. The van der Waals surface area contributed by atoms with E-state index in [1.165, 1.54) is 18.2 Å². The predicted octanol–water partition coefficient (Wildman–Crippen LogP) is 2.33. The van der Waals surface area contributed by atoms with Gasteiger partial charge in [-0.15, -0.1) is 0 Å². The van der Waals surface area contributed by atoms with Crippen molar-refractivity contribution in [3.63, 3.8) is 0 Å². The minimum atomic E-state index is -0.640. The van der Waals surface area contributed by atoms with E-state index in [0.29, 0.717) is 0 Å². The third-order valence-electron chi connectivity index (χ3n) is 0.784. The van der Waals surface area contributed by atoms with Gasteiger partial charge >= 0.3 is 0 Å². The Hall–Kier alpha value is -1.04. The Balaban J connectivity index is 3.32. The van der Waals surface area contributed by atoms with Crippen molar-refractivity contribution in [3.05, 3.63) is 42.4 Å². The van der Waals surface area contributed by atoms with Crippen LogP contribution in [0.5, 0.6) is 0 Å². The molecule has 0 bridgehead atoms. The van der Waals surface area contributed by atoms with E-state index in [1.54, 1.807) is 0 Å². The molecule has 0 unspecified atom stereocenters. The van der Waals surface area contributed by atoms with Crippen LogP contribution in [0.4, 0.5) is 0 Å². The van der Waals surface area contributed by atoms with Crippen LogP contribution < -0.4 is 0 Å². The molecular formula is C8H8. The molecule has 1 rings (SSSR count). The Morgan fingerprint density at radius 3 is 3.75 bits per heavy atom. The van der Waals surface area contributed by atoms with Gasteiger partial charge in [-0.2, -0.15) is 0 Å². The van der Waals surface area contributed by atoms with Crippen molar-refractivity contribution < 1.29 is 6.85 Å². The van der Waals surface area contributed by atoms with Crippen molar-refractivity contribution in [2.24, 2.45) is 0 Å². The molecule has 0 radical (unpaired) electrons. The van der Waals surface area contributed by atoms with Gasteiger partial charge in [0, 0.05) is 0 Å². The fourth-order valence-corrected chi connectivity index (χ4v) is 0.426. The summed E-state index contributed by atoms with van der Waals surface area (Å²) in [5.41, 5.74) is 0.160. The highest BCUT2D eigenvalue weighted by Gasteiger charge is 1.75. The zero-order chi connectivity index (χ0) is 10.0. The molecule has 8 heavy (non-hydrogen) atoms. The maximum atomic E-state index is 7.41. The van der Waals surface area contributed by atoms with Crippen LogP contribution in [0, 0.1) is 0 Å². The molecule has 0 fully saturated rings. The van der Waals surface area contributed by atoms with Crippen LogP contribution in [0.15, 0.2) is 36.8 Å². The first kappa shape index (κ1) is 1.73. The van der Waals surface area contributed by atoms with E-state index in [4.69, 9.17) is 6.85 Å². The zero-order valence-electron chi connectivity index (χ0n) is 9.23. The topological polar surface area (TPSA) is 0 Å². The fraction of sp³-hybridized carbons (Fsp3) is 0. The number of rotatable bonds is 1. The number of hydrogen-bond donors (Lipinski definition) is 0. The van der Waals surface area contributed by atoms with Crippen molar-refractivity contribution in [3.8, 4) is 0 Å². The number of benzene rings is 1. The first-order valence-corrected chi connectivity index (χ1v) is 2.24. The van der Waals surface area contributed by atoms with Crippen LogP contribution in [-0.2, 0) is 0 Å². The second-order valence-corrected chi connectivity index (χ2v) is 1.33. The smallest absolute Gasteiger partial charge is 0.0629 e. The quantitative estimate of drug-likeness (QED) is 0.525. The molecule has 0 N–H and O–H groups in total. The minimum Gasteiger partial charge on any atom is -0.0985 e. The average molecular weight is 114 g/mol. The van der Waals surface area contributed by atoms with Gasteiger partial charge in [0.25, 0.3) is 0 Å². The van der Waals surface area contributed by atoms with Gasteiger partial charge < -0.3 is 0 Å². The average Bonchev–Trinajstić information content (AvgIpc) is 2.08. The molecular weight excluding hydrogens is 96.1 g/mol. The van der Waals surface area contributed by atoms with E-state index in [-0.39, 0.29) is 23.7 Å². The van der Waals surface area contributed by atoms with E-state index in [9.17, 15) is 0 Å². The van der Waals surface area contributed by atoms with Gasteiger partial charge in [0.1, 0.15) is 0 Å². The van der Waals surface area contributed by atoms with Crippen molar-refractivity contribution in [2.75, 3.05) is 0 Å². The summed E-state index contributed by atoms with van der Waals surface area (Å²) < 4.78 is 35.8. The molecule has 0 aliphatic heterocycles. The Bertz CT molecular complexity index is 352. The second-order valence-electron chi connectivity index (χ2n) is 1.33. The molecule has 0 nitrogen and oxygen atoms in total. The predicted molar refractivity (Wildman–Crippen MR) is 36.5 cm³/mol. The van der Waals surface area contributed by atoms with E-state index < -0.39 is 6.53 Å². The lowest BCUT2D eigenvalue weighted by Crippen LogP contribution is -1.63. The Morgan fingerprint density at radius 1 is 1.88 bits per heavy atom. The normalized spacial score (nSPS) is 16.8. The summed E-state index contributed by atoms with van der Waals surface area (Å²) in [7, 11) is 0. The van der Waals surface area contributed by atoms with Gasteiger partial charge in [-0.05, 0) is 5.56 Å². The summed E-state index contributed by atoms with van der Waals surface area (Å²) in [5.74, 6) is 0. The first-order valence-electron chi connectivity index (χ1n) is 4.74. The van der Waals surface area contributed by atoms with Gasteiger partial charge in [0.2, 0.25) is 0 Å². The molecule has 0 amide bonds. The molecule has 0 heterocycles. The van der Waals surface area contributed by atoms with Crippen molar-refractivity contribution in [1.29, 1.82) is 0 Å². The van der Waals surface area contributed by atoms with Crippen molar-refractivity contribution >= 4 is 6.05 Å². The lowest BCUT2D eigenvalue weighted by atomic mass is 10.2. The van der Waals surface area contributed by atoms with E-state index in [2.05, 4.69) is 0 Å². The van der Waals surface area contributed by atoms with Crippen LogP contribution >= 0.6 is 0 Å². The summed E-state index contributed by atoms with van der Waals surface area (Å²) >= 11 is 0. The van der Waals surface area contributed by atoms with Gasteiger partial charge in [-0.25, -0.2) is 0 Å². The summed E-state index contributed by atoms with van der Waals surface area (Å²) in [5, 5.41) is 0. The van der Waals surface area contributed by atoms with E-state index >= 15 is 0 Å². The molecule has 0 aliphatic carbocycles. The minimum absolute atomic E-state index is 0.00324. The van der Waals surface area contributed by atoms with Crippen LogP contribution in [0.25, 0.3) is 6.05 Å². The largest absolute Gasteiger partial charge is 0.0985 e. The third kappa shape index (κ3) is 0.969. The van der Waals surface area contributed by atoms with Gasteiger partial charge in [0.05, 0.1) is 6.85 Å². The summed E-state index contributed by atoms with van der Waals surface area (Å²) in [6.07, 6.45) is 0. The van der Waals surface area contributed by atoms with E-state index in [0.717, 1.165) is 0 Å². The Labute approximate surface area is 56.5 Å². The molecule has 0 aliphatic rings. The van der Waals surface area contributed by atoms with Gasteiger partial charge in [-0.1, -0.05) is 42.9 Å². The molecule has 0 spiro atoms. The summed E-state index contributed by atoms with van der Waals surface area (Å²) in [6.45, 7) is -0.640. The van der Waals surface area contributed by atoms with Crippen molar-refractivity contribution in [1.82, 2.24) is 0 Å². The van der Waals surface area contributed by atoms with Crippen LogP contribution in [0.2, 0.25) is 0 Å². The maximum absolute atomic E-state index is 7.41. The second kappa shape index (κ2) is 2.31. The highest BCUT2D eigenvalue weighted by atomic mass is 13.8. The maximum Gasteiger partial charge on any atom is 0.0629 e. The molecule has 0 atom stereocenters. The Kier molecular flexibility index (Phi) is 0.500. The third-order valence-corrected chi connectivity index (χ3v) is 0.784. The first-order chi connectivity index (χ1) is 6.04. The zero-order valence-corrected chi connectivity index (χ0v) is 4.23. The monoisotopic (exact) mass is 114 g/mol. The molecule has 1 aromatic rings. The molecule has 1 aromatic carbocycles. The highest BCUT2D eigenvalue weighted by molar-refractivity contribution is 5.45. The highest BCUT2D eigenvalue weighted by Crippen LogP contribution is 1.97. The van der Waals surface area contributed by atoms with Crippen LogP contribution in [0.3, 0.4) is 0 Å². The van der Waals surface area contributed by atoms with Crippen LogP contribution in [0.1, 0.15) is 12.4 Å². The lowest BCUT2D eigenvalue weighted by Gasteiger charge is -1.85. The summed E-state index contributed by atoms with van der Waals surface area (Å²) in [4.78, 5) is 0. The molecule has 40 valence electrons. The Morgan fingerprint density at radius 2 is 2.88 bits per heavy atom. The number of hydrogen-bond acceptors (Lipinski definition) is 0. The van der Waals surface area contributed by atoms with Crippen molar-refractivity contribution in [2.45, 2.75) is 0 Å². The van der Waals surface area contributed by atoms with Gasteiger partial charge in [0.15, 0.2) is 0 Å². The molecule has 0 saturated heterocycles. The fourth-order valence-electron chi connectivity index (χ4n) is 0.426. The molecule has 0 aromatic heterocycles. The standard InChI is InChI=1S/C8H8/c1-2-8-6-4-3-5-7-8/h2-7H,1H2/i1T2,2T,4T,6T. The summed E-state index contributed by atoms with van der Waals surface area (Å²) in [6, 6.07) is 4.01. The molecule has 0 heteroatoms. The SMILES string of the molecule is [3H]C([3H])=C([3H])c1cccc([3H])c1[3H]. The van der Waals surface area contributed by atoms with E-state index in [1.807, 2.05) is 0 Å². The molecule has 0 saturated carbocycles. The van der Waals surface area contributed by atoms with Crippen LogP contribution in [-0.4, -0.2) is 0 Å². The van der Waals surface area contributed by atoms with Gasteiger partial charge in [-0.3, -0.25) is 0 Å².